The van der Waals surface area contributed by atoms with Crippen LogP contribution < -0.4 is 10.2 Å². The Labute approximate surface area is 173 Å². The number of carbonyl (C=O) groups excluding carboxylic acids is 1. The van der Waals surface area contributed by atoms with Crippen LogP contribution in [0.15, 0.2) is 39.5 Å². The van der Waals surface area contributed by atoms with Gasteiger partial charge in [-0.15, -0.1) is 0 Å². The molecule has 2 aromatic carbocycles. The third-order valence-corrected chi connectivity index (χ3v) is 5.45. The minimum Gasteiger partial charge on any atom is -0.504 e. The number of hydrogen-bond donors (Lipinski definition) is 1. The first-order valence-corrected chi connectivity index (χ1v) is 9.62. The third-order valence-electron chi connectivity index (χ3n) is 5.45. The fourth-order valence-electron chi connectivity index (χ4n) is 4.11. The zero-order chi connectivity index (χ0) is 21.6. The van der Waals surface area contributed by atoms with Gasteiger partial charge in [0.2, 0.25) is 5.76 Å². The lowest BCUT2D eigenvalue weighted by molar-refractivity contribution is 0.0663. The van der Waals surface area contributed by atoms with Crippen molar-refractivity contribution in [2.24, 2.45) is 0 Å². The molecule has 4 rings (SSSR count). The Morgan fingerprint density at radius 3 is 2.60 bits per heavy atom. The minimum atomic E-state index is -0.668. The molecule has 0 fully saturated rings. The standard InChI is InChI=1S/C23H23NO6/c1-12-9-13(2)21-15(10-12)20(26)18-19(14-5-6-16(25)17(11-14)29-4)24(7-8-28-3)23(27)22(18)30-21/h5-6,9-11,19,25H,7-8H2,1-4H3. The van der Waals surface area contributed by atoms with E-state index in [1.165, 1.54) is 13.2 Å². The first kappa shape index (κ1) is 20.0. The van der Waals surface area contributed by atoms with E-state index in [9.17, 15) is 14.7 Å². The van der Waals surface area contributed by atoms with Gasteiger partial charge in [-0.3, -0.25) is 9.59 Å². The highest BCUT2D eigenvalue weighted by Crippen LogP contribution is 2.40. The number of phenols is 1. The van der Waals surface area contributed by atoms with Gasteiger partial charge >= 0.3 is 0 Å². The number of amides is 1. The molecule has 7 nitrogen and oxygen atoms in total. The van der Waals surface area contributed by atoms with Crippen molar-refractivity contribution < 1.29 is 23.8 Å². The summed E-state index contributed by atoms with van der Waals surface area (Å²) in [5.41, 5.74) is 2.87. The summed E-state index contributed by atoms with van der Waals surface area (Å²) in [7, 11) is 3.00. The molecule has 0 bridgehead atoms. The molecular weight excluding hydrogens is 386 g/mol. The Hall–Kier alpha value is -3.32. The van der Waals surface area contributed by atoms with E-state index in [4.69, 9.17) is 13.9 Å². The van der Waals surface area contributed by atoms with Crippen LogP contribution in [0, 0.1) is 13.8 Å². The Bertz CT molecular complexity index is 1210. The summed E-state index contributed by atoms with van der Waals surface area (Å²) in [6.45, 7) is 4.35. The molecule has 1 unspecified atom stereocenters. The summed E-state index contributed by atoms with van der Waals surface area (Å²) in [4.78, 5) is 28.3. The van der Waals surface area contributed by atoms with Gasteiger partial charge in [-0.2, -0.15) is 0 Å². The first-order chi connectivity index (χ1) is 14.4. The van der Waals surface area contributed by atoms with E-state index in [-0.39, 0.29) is 35.1 Å². The number of carbonyl (C=O) groups is 1. The van der Waals surface area contributed by atoms with Gasteiger partial charge in [0.1, 0.15) is 5.58 Å². The lowest BCUT2D eigenvalue weighted by atomic mass is 9.97. The number of aryl methyl sites for hydroxylation is 2. The molecule has 0 spiro atoms. The molecule has 1 N–H and O–H groups in total. The van der Waals surface area contributed by atoms with E-state index in [1.807, 2.05) is 19.9 Å². The molecule has 7 heteroatoms. The van der Waals surface area contributed by atoms with E-state index in [2.05, 4.69) is 0 Å². The van der Waals surface area contributed by atoms with Crippen LogP contribution >= 0.6 is 0 Å². The molecule has 0 aliphatic carbocycles. The molecule has 1 amide bonds. The number of rotatable bonds is 5. The van der Waals surface area contributed by atoms with E-state index in [0.29, 0.717) is 28.7 Å². The highest BCUT2D eigenvalue weighted by molar-refractivity contribution is 5.99. The Kier molecular flexibility index (Phi) is 4.99. The number of phenolic OH excluding ortho intramolecular Hbond substituents is 1. The SMILES string of the molecule is COCCN1C(=O)c2oc3c(C)cc(C)cc3c(=O)c2C1c1ccc(O)c(OC)c1. The topological polar surface area (TPSA) is 89.2 Å². The van der Waals surface area contributed by atoms with Gasteiger partial charge in [0.05, 0.1) is 30.7 Å². The number of benzene rings is 2. The molecule has 156 valence electrons. The molecule has 0 radical (unpaired) electrons. The third kappa shape index (κ3) is 3.02. The molecule has 0 saturated heterocycles. The van der Waals surface area contributed by atoms with Crippen molar-refractivity contribution in [3.63, 3.8) is 0 Å². The van der Waals surface area contributed by atoms with E-state index >= 15 is 0 Å². The van der Waals surface area contributed by atoms with Crippen LogP contribution in [0.3, 0.4) is 0 Å². The van der Waals surface area contributed by atoms with Crippen LogP contribution in [0.5, 0.6) is 11.5 Å². The second-order valence-corrected chi connectivity index (χ2v) is 7.46. The van der Waals surface area contributed by atoms with Crippen molar-refractivity contribution in [1.29, 1.82) is 0 Å². The highest BCUT2D eigenvalue weighted by Gasteiger charge is 2.42. The number of ether oxygens (including phenoxy) is 2. The van der Waals surface area contributed by atoms with Crippen molar-refractivity contribution >= 4 is 16.9 Å². The van der Waals surface area contributed by atoms with E-state index < -0.39 is 6.04 Å². The van der Waals surface area contributed by atoms with Gasteiger partial charge in [-0.25, -0.2) is 0 Å². The quantitative estimate of drug-likeness (QED) is 0.695. The second kappa shape index (κ2) is 7.50. The van der Waals surface area contributed by atoms with Crippen LogP contribution in [0.1, 0.15) is 38.9 Å². The van der Waals surface area contributed by atoms with E-state index in [1.54, 1.807) is 30.2 Å². The summed E-state index contributed by atoms with van der Waals surface area (Å²) in [6.07, 6.45) is 0. The molecule has 1 aliphatic rings. The van der Waals surface area contributed by atoms with Gasteiger partial charge in [0.25, 0.3) is 5.91 Å². The Balaban J connectivity index is 2.00. The molecule has 1 aromatic heterocycles. The average molecular weight is 409 g/mol. The van der Waals surface area contributed by atoms with Gasteiger partial charge in [0, 0.05) is 13.7 Å². The van der Waals surface area contributed by atoms with Crippen LogP contribution in [0.25, 0.3) is 11.0 Å². The Morgan fingerprint density at radius 2 is 1.90 bits per heavy atom. The zero-order valence-electron chi connectivity index (χ0n) is 17.3. The number of nitrogens with zero attached hydrogens (tertiary/aromatic N) is 1. The molecule has 1 aliphatic heterocycles. The minimum absolute atomic E-state index is 0.0222. The number of fused-ring (bicyclic) bond motifs is 2. The summed E-state index contributed by atoms with van der Waals surface area (Å²) in [5, 5.41) is 10.4. The first-order valence-electron chi connectivity index (χ1n) is 9.62. The van der Waals surface area contributed by atoms with Crippen molar-refractivity contribution in [3.8, 4) is 11.5 Å². The molecule has 1 atom stereocenters. The second-order valence-electron chi connectivity index (χ2n) is 7.46. The van der Waals surface area contributed by atoms with Crippen LogP contribution in [0.4, 0.5) is 0 Å². The summed E-state index contributed by atoms with van der Waals surface area (Å²) >= 11 is 0. The van der Waals surface area contributed by atoms with Gasteiger partial charge in [0.15, 0.2) is 16.9 Å². The fraction of sp³-hybridized carbons (Fsp3) is 0.304. The number of methoxy groups -OCH3 is 2. The molecule has 0 saturated carbocycles. The fourth-order valence-corrected chi connectivity index (χ4v) is 4.11. The predicted molar refractivity (Wildman–Crippen MR) is 111 cm³/mol. The molecule has 30 heavy (non-hydrogen) atoms. The normalized spacial score (nSPS) is 15.7. The van der Waals surface area contributed by atoms with Crippen molar-refractivity contribution in [3.05, 3.63) is 68.6 Å². The highest BCUT2D eigenvalue weighted by atomic mass is 16.5. The number of hydrogen-bond acceptors (Lipinski definition) is 6. The average Bonchev–Trinajstić information content (AvgIpc) is 3.00. The monoisotopic (exact) mass is 409 g/mol. The van der Waals surface area contributed by atoms with Crippen molar-refractivity contribution in [1.82, 2.24) is 4.90 Å². The smallest absolute Gasteiger partial charge is 0.290 e. The predicted octanol–water partition coefficient (Wildman–Crippen LogP) is 3.32. The maximum atomic E-state index is 13.5. The molecule has 3 aromatic rings. The van der Waals surface area contributed by atoms with Gasteiger partial charge < -0.3 is 23.9 Å². The maximum Gasteiger partial charge on any atom is 0.290 e. The summed E-state index contributed by atoms with van der Waals surface area (Å²) in [6, 6.07) is 7.83. The van der Waals surface area contributed by atoms with Crippen LogP contribution in [0.2, 0.25) is 0 Å². The van der Waals surface area contributed by atoms with Gasteiger partial charge in [-0.05, 0) is 48.7 Å². The van der Waals surface area contributed by atoms with Crippen molar-refractivity contribution in [2.45, 2.75) is 19.9 Å². The zero-order valence-corrected chi connectivity index (χ0v) is 17.3. The van der Waals surface area contributed by atoms with Gasteiger partial charge in [-0.1, -0.05) is 12.1 Å². The number of aromatic hydroxyl groups is 1. The summed E-state index contributed by atoms with van der Waals surface area (Å²) in [5.74, 6) is -0.0753. The maximum absolute atomic E-state index is 13.5. The molecule has 2 heterocycles. The van der Waals surface area contributed by atoms with Crippen LogP contribution in [-0.2, 0) is 4.74 Å². The van der Waals surface area contributed by atoms with Crippen LogP contribution in [-0.4, -0.2) is 43.3 Å². The molecular formula is C23H23NO6. The van der Waals surface area contributed by atoms with Crippen molar-refractivity contribution in [2.75, 3.05) is 27.4 Å². The Morgan fingerprint density at radius 1 is 1.13 bits per heavy atom. The lowest BCUT2D eigenvalue weighted by Crippen LogP contribution is -2.32. The largest absolute Gasteiger partial charge is 0.504 e. The van der Waals surface area contributed by atoms with E-state index in [0.717, 1.165) is 11.1 Å². The lowest BCUT2D eigenvalue weighted by Gasteiger charge is -2.25. The summed E-state index contributed by atoms with van der Waals surface area (Å²) < 4.78 is 16.4.